The van der Waals surface area contributed by atoms with Crippen molar-refractivity contribution in [1.29, 1.82) is 0 Å². The van der Waals surface area contributed by atoms with Gasteiger partial charge in [-0.15, -0.1) is 0 Å². The first-order chi connectivity index (χ1) is 11.8. The zero-order valence-corrected chi connectivity index (χ0v) is 14.0. The Balaban J connectivity index is 2.15. The number of carbonyl (C=O) groups is 3. The van der Waals surface area contributed by atoms with Crippen LogP contribution in [0.3, 0.4) is 0 Å². The van der Waals surface area contributed by atoms with Crippen LogP contribution in [0.15, 0.2) is 30.3 Å². The first-order valence-electron chi connectivity index (χ1n) is 7.90. The smallest absolute Gasteiger partial charge is 0.340 e. The number of ether oxygens (including phenoxy) is 1. The third-order valence-corrected chi connectivity index (χ3v) is 4.04. The molecule has 6 heteroatoms. The van der Waals surface area contributed by atoms with Gasteiger partial charge in [-0.05, 0) is 12.0 Å². The van der Waals surface area contributed by atoms with E-state index >= 15 is 0 Å². The zero-order chi connectivity index (χ0) is 18.3. The summed E-state index contributed by atoms with van der Waals surface area (Å²) in [7, 11) is 0. The monoisotopic (exact) mass is 338 g/mol. The van der Waals surface area contributed by atoms with Gasteiger partial charge in [0.1, 0.15) is 0 Å². The highest BCUT2D eigenvalue weighted by atomic mass is 16.5. The van der Waals surface area contributed by atoms with E-state index in [0.29, 0.717) is 0 Å². The molecule has 0 atom stereocenters. The first kappa shape index (κ1) is 16.7. The van der Waals surface area contributed by atoms with Crippen LogP contribution in [-0.4, -0.2) is 24.1 Å². The number of benzene rings is 2. The van der Waals surface area contributed by atoms with Crippen molar-refractivity contribution in [2.24, 2.45) is 5.92 Å². The van der Waals surface area contributed by atoms with Gasteiger partial charge in [-0.2, -0.15) is 0 Å². The summed E-state index contributed by atoms with van der Waals surface area (Å²) in [4.78, 5) is 37.8. The molecule has 0 bridgehead atoms. The molecular formula is C19H18N2O4. The fourth-order valence-electron chi connectivity index (χ4n) is 2.84. The van der Waals surface area contributed by atoms with E-state index in [4.69, 9.17) is 16.2 Å². The van der Waals surface area contributed by atoms with E-state index in [-0.39, 0.29) is 57.5 Å². The lowest BCUT2D eigenvalue weighted by molar-refractivity contribution is 0.0460. The van der Waals surface area contributed by atoms with Crippen LogP contribution in [0.1, 0.15) is 56.0 Å². The van der Waals surface area contributed by atoms with Crippen molar-refractivity contribution in [1.82, 2.24) is 0 Å². The minimum Gasteiger partial charge on any atom is -0.462 e. The normalized spacial score (nSPS) is 12.8. The van der Waals surface area contributed by atoms with Crippen LogP contribution in [0, 0.1) is 5.92 Å². The van der Waals surface area contributed by atoms with Gasteiger partial charge in [0.25, 0.3) is 0 Å². The number of nitrogen functional groups attached to an aromatic ring is 2. The Kier molecular flexibility index (Phi) is 4.04. The Morgan fingerprint density at radius 1 is 1.04 bits per heavy atom. The van der Waals surface area contributed by atoms with Crippen LogP contribution in [0.5, 0.6) is 0 Å². The Bertz CT molecular complexity index is 916. The number of anilines is 2. The number of fused-ring (bicyclic) bond motifs is 2. The summed E-state index contributed by atoms with van der Waals surface area (Å²) < 4.78 is 5.18. The van der Waals surface area contributed by atoms with Crippen molar-refractivity contribution in [2.45, 2.75) is 13.8 Å². The van der Waals surface area contributed by atoms with Crippen molar-refractivity contribution in [2.75, 3.05) is 18.1 Å². The van der Waals surface area contributed by atoms with Crippen LogP contribution >= 0.6 is 0 Å². The minimum absolute atomic E-state index is 0.00238. The number of carbonyl (C=O) groups excluding carboxylic acids is 3. The van der Waals surface area contributed by atoms with E-state index in [2.05, 4.69) is 0 Å². The van der Waals surface area contributed by atoms with Crippen LogP contribution < -0.4 is 11.5 Å². The third kappa shape index (κ3) is 2.65. The average Bonchev–Trinajstić information content (AvgIpc) is 2.59. The second-order valence-electron chi connectivity index (χ2n) is 6.37. The molecule has 0 aliphatic heterocycles. The van der Waals surface area contributed by atoms with Gasteiger partial charge in [0.05, 0.1) is 29.0 Å². The summed E-state index contributed by atoms with van der Waals surface area (Å²) in [5.41, 5.74) is 12.5. The summed E-state index contributed by atoms with van der Waals surface area (Å²) in [6, 6.07) is 7.76. The molecule has 0 saturated heterocycles. The molecule has 0 radical (unpaired) electrons. The van der Waals surface area contributed by atoms with Crippen molar-refractivity contribution in [3.63, 3.8) is 0 Å². The highest BCUT2D eigenvalue weighted by molar-refractivity contribution is 6.32. The van der Waals surface area contributed by atoms with E-state index in [9.17, 15) is 14.4 Å². The Morgan fingerprint density at radius 3 is 2.16 bits per heavy atom. The molecular weight excluding hydrogens is 320 g/mol. The van der Waals surface area contributed by atoms with Crippen molar-refractivity contribution >= 4 is 28.9 Å². The average molecular weight is 338 g/mol. The molecule has 0 unspecified atom stereocenters. The zero-order valence-electron chi connectivity index (χ0n) is 14.0. The summed E-state index contributed by atoms with van der Waals surface area (Å²) in [5, 5.41) is 0. The van der Waals surface area contributed by atoms with E-state index in [1.54, 1.807) is 24.3 Å². The molecule has 0 amide bonds. The maximum absolute atomic E-state index is 12.8. The molecule has 0 heterocycles. The quantitative estimate of drug-likeness (QED) is 0.560. The van der Waals surface area contributed by atoms with Gasteiger partial charge in [0.15, 0.2) is 11.6 Å². The van der Waals surface area contributed by atoms with Crippen LogP contribution in [0.2, 0.25) is 0 Å². The molecule has 4 N–H and O–H groups in total. The van der Waals surface area contributed by atoms with Crippen LogP contribution in [0.4, 0.5) is 11.4 Å². The third-order valence-electron chi connectivity index (χ3n) is 4.04. The molecule has 2 aromatic carbocycles. The molecule has 1 aliphatic rings. The van der Waals surface area contributed by atoms with E-state index < -0.39 is 11.8 Å². The second kappa shape index (κ2) is 6.05. The molecule has 25 heavy (non-hydrogen) atoms. The number of rotatable bonds is 3. The van der Waals surface area contributed by atoms with Crippen molar-refractivity contribution in [3.05, 3.63) is 58.1 Å². The van der Waals surface area contributed by atoms with Gasteiger partial charge >= 0.3 is 5.97 Å². The SMILES string of the molecule is CC(C)COC(=O)c1cc(N)c2c(c1N)C(=O)c1ccccc1C2=O. The van der Waals surface area contributed by atoms with Crippen molar-refractivity contribution < 1.29 is 19.1 Å². The van der Waals surface area contributed by atoms with Gasteiger partial charge in [0, 0.05) is 16.8 Å². The van der Waals surface area contributed by atoms with Gasteiger partial charge in [-0.1, -0.05) is 38.1 Å². The molecule has 0 saturated carbocycles. The molecule has 1 aliphatic carbocycles. The molecule has 128 valence electrons. The molecule has 0 aromatic heterocycles. The Labute approximate surface area is 144 Å². The maximum atomic E-state index is 12.8. The van der Waals surface area contributed by atoms with Crippen LogP contribution in [0.25, 0.3) is 0 Å². The molecule has 0 spiro atoms. The topological polar surface area (TPSA) is 112 Å². The molecule has 3 rings (SSSR count). The number of hydrogen-bond acceptors (Lipinski definition) is 6. The highest BCUT2D eigenvalue weighted by Crippen LogP contribution is 2.36. The van der Waals surface area contributed by atoms with Gasteiger partial charge < -0.3 is 16.2 Å². The molecule has 6 nitrogen and oxygen atoms in total. The van der Waals surface area contributed by atoms with E-state index in [0.717, 1.165) is 0 Å². The predicted octanol–water partition coefficient (Wildman–Crippen LogP) is 2.44. The first-order valence-corrected chi connectivity index (χ1v) is 7.90. The summed E-state index contributed by atoms with van der Waals surface area (Å²) in [6.07, 6.45) is 0. The fourth-order valence-corrected chi connectivity index (χ4v) is 2.84. The second-order valence-corrected chi connectivity index (χ2v) is 6.37. The van der Waals surface area contributed by atoms with E-state index in [1.807, 2.05) is 13.8 Å². The number of nitrogens with two attached hydrogens (primary N) is 2. The Hall–Kier alpha value is -3.15. The summed E-state index contributed by atoms with van der Waals surface area (Å²) in [6.45, 7) is 4.01. The molecule has 2 aromatic rings. The van der Waals surface area contributed by atoms with Crippen LogP contribution in [-0.2, 0) is 4.74 Å². The largest absolute Gasteiger partial charge is 0.462 e. The van der Waals surface area contributed by atoms with Gasteiger partial charge in [-0.25, -0.2) is 4.79 Å². The minimum atomic E-state index is -0.667. The lowest BCUT2D eigenvalue weighted by atomic mass is 9.81. The van der Waals surface area contributed by atoms with Gasteiger partial charge in [-0.3, -0.25) is 9.59 Å². The van der Waals surface area contributed by atoms with Crippen molar-refractivity contribution in [3.8, 4) is 0 Å². The molecule has 0 fully saturated rings. The predicted molar refractivity (Wildman–Crippen MR) is 93.7 cm³/mol. The number of esters is 1. The lowest BCUT2D eigenvalue weighted by Crippen LogP contribution is -2.25. The fraction of sp³-hybridized carbons (Fsp3) is 0.211. The number of ketones is 2. The maximum Gasteiger partial charge on any atom is 0.340 e. The number of hydrogen-bond donors (Lipinski definition) is 2. The summed E-state index contributed by atoms with van der Waals surface area (Å²) >= 11 is 0. The van der Waals surface area contributed by atoms with Gasteiger partial charge in [0.2, 0.25) is 0 Å². The lowest BCUT2D eigenvalue weighted by Gasteiger charge is -2.22. The highest BCUT2D eigenvalue weighted by Gasteiger charge is 2.35. The summed E-state index contributed by atoms with van der Waals surface area (Å²) in [5.74, 6) is -1.32. The standard InChI is InChI=1S/C19H18N2O4/c1-9(2)8-25-19(24)12-7-13(20)14-15(16(12)21)18(23)11-6-4-3-5-10(11)17(14)22/h3-7,9H,8,20-21H2,1-2H3. The Morgan fingerprint density at radius 2 is 1.60 bits per heavy atom. The van der Waals surface area contributed by atoms with E-state index in [1.165, 1.54) is 6.07 Å².